The molecule has 0 spiro atoms. The molecule has 5 rings (SSSR count). The first-order valence-electron chi connectivity index (χ1n) is 11.2. The molecule has 3 heterocycles. The van der Waals surface area contributed by atoms with Crippen molar-refractivity contribution in [2.75, 3.05) is 45.0 Å². The number of carbonyl (C=O) groups excluding carboxylic acids is 3. The fraction of sp³-hybridized carbons (Fsp3) is 0.375. The molecule has 34 heavy (non-hydrogen) atoms. The zero-order chi connectivity index (χ0) is 23.7. The summed E-state index contributed by atoms with van der Waals surface area (Å²) in [6.07, 6.45) is -0.0508. The molecule has 178 valence electrons. The summed E-state index contributed by atoms with van der Waals surface area (Å²) in [5.41, 5.74) is 1.82. The van der Waals surface area contributed by atoms with E-state index in [4.69, 9.17) is 14.2 Å². The highest BCUT2D eigenvalue weighted by molar-refractivity contribution is 6.05. The van der Waals surface area contributed by atoms with Gasteiger partial charge in [-0.25, -0.2) is 4.79 Å². The number of fused-ring (bicyclic) bond motifs is 1. The van der Waals surface area contributed by atoms with E-state index in [2.05, 4.69) is 10.2 Å². The lowest BCUT2D eigenvalue weighted by Gasteiger charge is -2.36. The average molecular weight is 466 g/mol. The van der Waals surface area contributed by atoms with Gasteiger partial charge in [0.25, 0.3) is 5.91 Å². The number of hydrogen-bond acceptors (Lipinski definition) is 7. The number of piperazine rings is 1. The smallest absolute Gasteiger partial charge is 0.325 e. The summed E-state index contributed by atoms with van der Waals surface area (Å²) < 4.78 is 15.9. The second-order valence-corrected chi connectivity index (χ2v) is 8.38. The van der Waals surface area contributed by atoms with Gasteiger partial charge in [0.15, 0.2) is 11.5 Å². The van der Waals surface area contributed by atoms with Gasteiger partial charge in [-0.2, -0.15) is 0 Å². The number of imide groups is 1. The molecular weight excluding hydrogens is 440 g/mol. The van der Waals surface area contributed by atoms with Crippen molar-refractivity contribution in [3.05, 3.63) is 48.0 Å². The highest BCUT2D eigenvalue weighted by Crippen LogP contribution is 2.33. The van der Waals surface area contributed by atoms with Gasteiger partial charge in [0.1, 0.15) is 11.8 Å². The van der Waals surface area contributed by atoms with Gasteiger partial charge in [-0.1, -0.05) is 6.07 Å². The maximum Gasteiger partial charge on any atom is 0.325 e. The number of amides is 4. The quantitative estimate of drug-likeness (QED) is 0.645. The van der Waals surface area contributed by atoms with Gasteiger partial charge in [-0.05, 0) is 42.0 Å². The Balaban J connectivity index is 1.14. The van der Waals surface area contributed by atoms with Crippen molar-refractivity contribution in [1.29, 1.82) is 0 Å². The van der Waals surface area contributed by atoms with Crippen LogP contribution in [0.4, 0.5) is 10.5 Å². The molecule has 10 heteroatoms. The van der Waals surface area contributed by atoms with Gasteiger partial charge in [-0.3, -0.25) is 14.5 Å². The number of hydrogen-bond donors (Lipinski definition) is 1. The summed E-state index contributed by atoms with van der Waals surface area (Å²) in [6.45, 7) is 2.76. The van der Waals surface area contributed by atoms with Crippen molar-refractivity contribution < 1.29 is 28.6 Å². The van der Waals surface area contributed by atoms with Gasteiger partial charge in [0.05, 0.1) is 20.1 Å². The van der Waals surface area contributed by atoms with Crippen LogP contribution in [0.5, 0.6) is 17.2 Å². The van der Waals surface area contributed by atoms with Gasteiger partial charge in [0.2, 0.25) is 12.7 Å². The average Bonchev–Trinajstić information content (AvgIpc) is 3.44. The van der Waals surface area contributed by atoms with Crippen LogP contribution in [0.3, 0.4) is 0 Å². The Morgan fingerprint density at radius 1 is 1.03 bits per heavy atom. The Labute approximate surface area is 197 Å². The van der Waals surface area contributed by atoms with Crippen LogP contribution in [-0.2, 0) is 16.1 Å². The van der Waals surface area contributed by atoms with Crippen LogP contribution in [-0.4, -0.2) is 73.8 Å². The van der Waals surface area contributed by atoms with Crippen molar-refractivity contribution >= 4 is 23.5 Å². The Kier molecular flexibility index (Phi) is 5.87. The molecule has 2 fully saturated rings. The van der Waals surface area contributed by atoms with Crippen molar-refractivity contribution in [3.8, 4) is 17.2 Å². The van der Waals surface area contributed by atoms with E-state index >= 15 is 0 Å². The van der Waals surface area contributed by atoms with Crippen molar-refractivity contribution in [1.82, 2.24) is 15.1 Å². The number of benzene rings is 2. The lowest BCUT2D eigenvalue weighted by molar-refractivity contribution is -0.136. The SMILES string of the molecule is COc1ccc(N2CCN(C(=O)C[C@@H]3NC(=O)N(Cc4ccc5c(c4)OCO5)C3=O)CC2)cc1. The van der Waals surface area contributed by atoms with E-state index in [1.165, 1.54) is 0 Å². The molecule has 2 saturated heterocycles. The van der Waals surface area contributed by atoms with Crippen LogP contribution >= 0.6 is 0 Å². The molecule has 3 aliphatic rings. The number of urea groups is 1. The molecule has 1 atom stereocenters. The minimum Gasteiger partial charge on any atom is -0.497 e. The third kappa shape index (κ3) is 4.30. The molecule has 0 bridgehead atoms. The van der Waals surface area contributed by atoms with Gasteiger partial charge < -0.3 is 29.3 Å². The lowest BCUT2D eigenvalue weighted by atomic mass is 10.1. The summed E-state index contributed by atoms with van der Waals surface area (Å²) in [4.78, 5) is 43.3. The third-order valence-corrected chi connectivity index (χ3v) is 6.33. The van der Waals surface area contributed by atoms with E-state index < -0.39 is 18.0 Å². The Morgan fingerprint density at radius 2 is 1.76 bits per heavy atom. The van der Waals surface area contributed by atoms with E-state index in [1.807, 2.05) is 24.3 Å². The second-order valence-electron chi connectivity index (χ2n) is 8.38. The molecule has 0 aliphatic carbocycles. The monoisotopic (exact) mass is 466 g/mol. The number of carbonyl (C=O) groups is 3. The molecule has 3 aliphatic heterocycles. The topological polar surface area (TPSA) is 101 Å². The number of methoxy groups -OCH3 is 1. The molecule has 1 N–H and O–H groups in total. The van der Waals surface area contributed by atoms with E-state index in [0.717, 1.165) is 21.9 Å². The van der Waals surface area contributed by atoms with Gasteiger partial charge >= 0.3 is 6.03 Å². The van der Waals surface area contributed by atoms with E-state index in [0.29, 0.717) is 37.7 Å². The fourth-order valence-electron chi connectivity index (χ4n) is 4.40. The standard InChI is InChI=1S/C24H26N4O6/c1-32-18-5-3-17(4-6-18)26-8-10-27(11-9-26)22(29)13-19-23(30)28(24(31)25-19)14-16-2-7-20-21(12-16)34-15-33-20/h2-7,12,19H,8-11,13-15H2,1H3,(H,25,31)/t19-/m0/s1. The van der Waals surface area contributed by atoms with Gasteiger partial charge in [-0.15, -0.1) is 0 Å². The number of ether oxygens (including phenoxy) is 3. The summed E-state index contributed by atoms with van der Waals surface area (Å²) in [5.74, 6) is 1.49. The third-order valence-electron chi connectivity index (χ3n) is 6.33. The fourth-order valence-corrected chi connectivity index (χ4v) is 4.40. The van der Waals surface area contributed by atoms with E-state index in [9.17, 15) is 14.4 Å². The van der Waals surface area contributed by atoms with Crippen LogP contribution in [0.2, 0.25) is 0 Å². The predicted octanol–water partition coefficient (Wildman–Crippen LogP) is 1.58. The zero-order valence-electron chi connectivity index (χ0n) is 18.9. The van der Waals surface area contributed by atoms with Crippen molar-refractivity contribution in [2.45, 2.75) is 19.0 Å². The number of nitrogens with zero attached hydrogens (tertiary/aromatic N) is 3. The first-order valence-corrected chi connectivity index (χ1v) is 11.2. The first-order chi connectivity index (χ1) is 16.5. The molecule has 0 saturated carbocycles. The molecule has 0 aromatic heterocycles. The van der Waals surface area contributed by atoms with Crippen LogP contribution < -0.4 is 24.4 Å². The first kappa shape index (κ1) is 21.9. The van der Waals surface area contributed by atoms with E-state index in [1.54, 1.807) is 30.2 Å². The molecule has 2 aromatic carbocycles. The minimum atomic E-state index is -0.853. The van der Waals surface area contributed by atoms with Crippen molar-refractivity contribution in [3.63, 3.8) is 0 Å². The molecule has 0 unspecified atom stereocenters. The molecule has 2 aromatic rings. The van der Waals surface area contributed by atoms with E-state index in [-0.39, 0.29) is 25.7 Å². The maximum absolute atomic E-state index is 12.9. The van der Waals surface area contributed by atoms with Gasteiger partial charge in [0, 0.05) is 31.9 Å². The molecule has 10 nitrogen and oxygen atoms in total. The summed E-state index contributed by atoms with van der Waals surface area (Å²) >= 11 is 0. The second kappa shape index (κ2) is 9.12. The Hall–Kier alpha value is -3.95. The Morgan fingerprint density at radius 3 is 2.50 bits per heavy atom. The lowest BCUT2D eigenvalue weighted by Crippen LogP contribution is -2.50. The van der Waals surface area contributed by atoms with Crippen LogP contribution in [0.1, 0.15) is 12.0 Å². The normalized spacial score (nSPS) is 19.4. The Bertz CT molecular complexity index is 1100. The van der Waals surface area contributed by atoms with Crippen molar-refractivity contribution in [2.24, 2.45) is 0 Å². The molecule has 0 radical (unpaired) electrons. The number of nitrogens with one attached hydrogen (secondary N) is 1. The highest BCUT2D eigenvalue weighted by Gasteiger charge is 2.40. The summed E-state index contributed by atoms with van der Waals surface area (Å²) in [7, 11) is 1.63. The van der Waals surface area contributed by atoms with Crippen LogP contribution in [0.25, 0.3) is 0 Å². The summed E-state index contributed by atoms with van der Waals surface area (Å²) in [6, 6.07) is 11.8. The zero-order valence-corrected chi connectivity index (χ0v) is 18.9. The molecule has 4 amide bonds. The van der Waals surface area contributed by atoms with Crippen LogP contribution in [0, 0.1) is 0 Å². The minimum absolute atomic E-state index is 0.0508. The predicted molar refractivity (Wildman–Crippen MR) is 122 cm³/mol. The molecular formula is C24H26N4O6. The van der Waals surface area contributed by atoms with Crippen LogP contribution in [0.15, 0.2) is 42.5 Å². The largest absolute Gasteiger partial charge is 0.497 e. The maximum atomic E-state index is 12.9. The summed E-state index contributed by atoms with van der Waals surface area (Å²) in [5, 5.41) is 2.65. The number of rotatable bonds is 6. The highest BCUT2D eigenvalue weighted by atomic mass is 16.7. The number of anilines is 1.